The van der Waals surface area contributed by atoms with Crippen molar-refractivity contribution in [3.05, 3.63) is 65.7 Å². The number of esters is 1. The van der Waals surface area contributed by atoms with Gasteiger partial charge in [-0.05, 0) is 43.7 Å². The molecule has 0 radical (unpaired) electrons. The van der Waals surface area contributed by atoms with Crippen LogP contribution < -0.4 is 5.32 Å². The van der Waals surface area contributed by atoms with Gasteiger partial charge in [-0.25, -0.2) is 4.79 Å². The fraction of sp³-hybridized carbons (Fsp3) is 0.300. The molecular formula is C20H23NO3S. The van der Waals surface area contributed by atoms with E-state index in [1.807, 2.05) is 43.5 Å². The number of hydrogen-bond acceptors (Lipinski definition) is 4. The maximum absolute atomic E-state index is 12.1. The van der Waals surface area contributed by atoms with Crippen LogP contribution in [0.1, 0.15) is 29.3 Å². The van der Waals surface area contributed by atoms with Crippen LogP contribution in [0.4, 0.5) is 0 Å². The smallest absolute Gasteiger partial charge is 0.339 e. The Balaban J connectivity index is 1.75. The van der Waals surface area contributed by atoms with E-state index in [0.29, 0.717) is 5.56 Å². The molecule has 132 valence electrons. The molecule has 4 nitrogen and oxygen atoms in total. The highest BCUT2D eigenvalue weighted by Gasteiger charge is 2.14. The molecule has 0 saturated heterocycles. The first kappa shape index (κ1) is 19.1. The predicted octanol–water partition coefficient (Wildman–Crippen LogP) is 3.70. The van der Waals surface area contributed by atoms with Gasteiger partial charge in [0.1, 0.15) is 0 Å². The summed E-state index contributed by atoms with van der Waals surface area (Å²) in [7, 11) is 0. The lowest BCUT2D eigenvalue weighted by molar-refractivity contribution is -0.124. The highest BCUT2D eigenvalue weighted by Crippen LogP contribution is 2.20. The first-order chi connectivity index (χ1) is 12.1. The number of hydrogen-bond donors (Lipinski definition) is 1. The van der Waals surface area contributed by atoms with E-state index < -0.39 is 5.97 Å². The van der Waals surface area contributed by atoms with Gasteiger partial charge < -0.3 is 10.1 Å². The van der Waals surface area contributed by atoms with E-state index in [1.165, 1.54) is 17.3 Å². The molecule has 25 heavy (non-hydrogen) atoms. The van der Waals surface area contributed by atoms with Crippen LogP contribution in [-0.2, 0) is 16.0 Å². The molecule has 0 fully saturated rings. The van der Waals surface area contributed by atoms with Gasteiger partial charge in [0, 0.05) is 10.9 Å². The SMILES string of the molecule is CSc1ccccc1C(=O)OCC(=O)N[C@H](C)CCc1ccccc1. The van der Waals surface area contributed by atoms with Crippen molar-refractivity contribution in [1.29, 1.82) is 0 Å². The third kappa shape index (κ3) is 6.27. The van der Waals surface area contributed by atoms with Crippen LogP contribution in [0.15, 0.2) is 59.5 Å². The van der Waals surface area contributed by atoms with Crippen LogP contribution in [0.3, 0.4) is 0 Å². The molecule has 1 amide bonds. The van der Waals surface area contributed by atoms with E-state index in [2.05, 4.69) is 17.4 Å². The summed E-state index contributed by atoms with van der Waals surface area (Å²) in [5.74, 6) is -0.757. The summed E-state index contributed by atoms with van der Waals surface area (Å²) in [6.45, 7) is 1.68. The van der Waals surface area contributed by atoms with Crippen molar-refractivity contribution in [1.82, 2.24) is 5.32 Å². The number of thioether (sulfide) groups is 1. The zero-order valence-corrected chi connectivity index (χ0v) is 15.3. The molecule has 5 heteroatoms. The molecule has 0 saturated carbocycles. The lowest BCUT2D eigenvalue weighted by Crippen LogP contribution is -2.36. The molecule has 2 aromatic rings. The molecule has 0 spiro atoms. The van der Waals surface area contributed by atoms with Crippen molar-refractivity contribution < 1.29 is 14.3 Å². The summed E-state index contributed by atoms with van der Waals surface area (Å²) in [6, 6.07) is 17.4. The molecule has 2 aromatic carbocycles. The predicted molar refractivity (Wildman–Crippen MR) is 101 cm³/mol. The summed E-state index contributed by atoms with van der Waals surface area (Å²) in [5.41, 5.74) is 1.73. The fourth-order valence-corrected chi connectivity index (χ4v) is 3.02. The number of ether oxygens (including phenoxy) is 1. The minimum Gasteiger partial charge on any atom is -0.452 e. The second-order valence-corrected chi connectivity index (χ2v) is 6.62. The summed E-state index contributed by atoms with van der Waals surface area (Å²) in [4.78, 5) is 24.9. The summed E-state index contributed by atoms with van der Waals surface area (Å²) in [6.07, 6.45) is 3.62. The molecule has 1 atom stereocenters. The van der Waals surface area contributed by atoms with Gasteiger partial charge in [-0.1, -0.05) is 42.5 Å². The zero-order chi connectivity index (χ0) is 18.1. The van der Waals surface area contributed by atoms with Crippen molar-refractivity contribution in [2.75, 3.05) is 12.9 Å². The molecule has 1 N–H and O–H groups in total. The summed E-state index contributed by atoms with van der Waals surface area (Å²) >= 11 is 1.47. The number of rotatable bonds is 8. The third-order valence-corrected chi connectivity index (χ3v) is 4.57. The Morgan fingerprint density at radius 2 is 1.76 bits per heavy atom. The molecule has 2 rings (SSSR count). The van der Waals surface area contributed by atoms with E-state index in [4.69, 9.17) is 4.74 Å². The van der Waals surface area contributed by atoms with Crippen molar-refractivity contribution in [2.45, 2.75) is 30.7 Å². The van der Waals surface area contributed by atoms with E-state index in [-0.39, 0.29) is 18.6 Å². The number of carbonyl (C=O) groups is 2. The van der Waals surface area contributed by atoms with E-state index in [0.717, 1.165) is 17.7 Å². The monoisotopic (exact) mass is 357 g/mol. The van der Waals surface area contributed by atoms with E-state index in [1.54, 1.807) is 12.1 Å². The molecule has 0 bridgehead atoms. The molecular weight excluding hydrogens is 334 g/mol. The second-order valence-electron chi connectivity index (χ2n) is 5.77. The topological polar surface area (TPSA) is 55.4 Å². The molecule has 0 heterocycles. The number of carbonyl (C=O) groups excluding carboxylic acids is 2. The molecule has 0 unspecified atom stereocenters. The molecule has 0 aliphatic carbocycles. The standard InChI is InChI=1S/C20H23NO3S/c1-15(12-13-16-8-4-3-5-9-16)21-19(22)14-24-20(23)17-10-6-7-11-18(17)25-2/h3-11,15H,12-14H2,1-2H3,(H,21,22)/t15-/m1/s1. The molecule has 0 aliphatic rings. The van der Waals surface area contributed by atoms with Crippen LogP contribution in [0, 0.1) is 0 Å². The lowest BCUT2D eigenvalue weighted by Gasteiger charge is -2.14. The van der Waals surface area contributed by atoms with Crippen molar-refractivity contribution in [3.63, 3.8) is 0 Å². The first-order valence-corrected chi connectivity index (χ1v) is 9.46. The zero-order valence-electron chi connectivity index (χ0n) is 14.5. The Hall–Kier alpha value is -2.27. The second kappa shape index (κ2) is 9.89. The largest absolute Gasteiger partial charge is 0.452 e. The van der Waals surface area contributed by atoms with Crippen LogP contribution in [0.5, 0.6) is 0 Å². The van der Waals surface area contributed by atoms with Gasteiger partial charge in [0.2, 0.25) is 0 Å². The Kier molecular flexibility index (Phi) is 7.54. The van der Waals surface area contributed by atoms with Crippen LogP contribution in [0.2, 0.25) is 0 Å². The van der Waals surface area contributed by atoms with Crippen molar-refractivity contribution in [3.8, 4) is 0 Å². The van der Waals surface area contributed by atoms with Crippen molar-refractivity contribution >= 4 is 23.6 Å². The lowest BCUT2D eigenvalue weighted by atomic mass is 10.1. The number of aryl methyl sites for hydroxylation is 1. The third-order valence-electron chi connectivity index (χ3n) is 3.78. The Morgan fingerprint density at radius 3 is 2.48 bits per heavy atom. The number of amides is 1. The number of benzene rings is 2. The van der Waals surface area contributed by atoms with Crippen molar-refractivity contribution in [2.24, 2.45) is 0 Å². The normalized spacial score (nSPS) is 11.6. The van der Waals surface area contributed by atoms with Gasteiger partial charge in [0.25, 0.3) is 5.91 Å². The highest BCUT2D eigenvalue weighted by atomic mass is 32.2. The van der Waals surface area contributed by atoms with Gasteiger partial charge in [0.15, 0.2) is 6.61 Å². The van der Waals surface area contributed by atoms with Gasteiger partial charge >= 0.3 is 5.97 Å². The minimum atomic E-state index is -0.475. The summed E-state index contributed by atoms with van der Waals surface area (Å²) < 4.78 is 5.13. The first-order valence-electron chi connectivity index (χ1n) is 8.23. The van der Waals surface area contributed by atoms with E-state index >= 15 is 0 Å². The van der Waals surface area contributed by atoms with Crippen LogP contribution >= 0.6 is 11.8 Å². The fourth-order valence-electron chi connectivity index (χ4n) is 2.44. The maximum Gasteiger partial charge on any atom is 0.339 e. The van der Waals surface area contributed by atoms with Crippen LogP contribution in [-0.4, -0.2) is 30.8 Å². The number of nitrogens with one attached hydrogen (secondary N) is 1. The van der Waals surface area contributed by atoms with Gasteiger partial charge in [-0.15, -0.1) is 11.8 Å². The van der Waals surface area contributed by atoms with Crippen LogP contribution in [0.25, 0.3) is 0 Å². The molecule has 0 aromatic heterocycles. The molecule has 0 aliphatic heterocycles. The Bertz CT molecular complexity index is 703. The van der Waals surface area contributed by atoms with Gasteiger partial charge in [-0.3, -0.25) is 4.79 Å². The quantitative estimate of drug-likeness (QED) is 0.578. The average molecular weight is 357 g/mol. The summed E-state index contributed by atoms with van der Waals surface area (Å²) in [5, 5.41) is 2.86. The highest BCUT2D eigenvalue weighted by molar-refractivity contribution is 7.98. The Labute approximate surface area is 153 Å². The average Bonchev–Trinajstić information content (AvgIpc) is 2.65. The van der Waals surface area contributed by atoms with E-state index in [9.17, 15) is 9.59 Å². The van der Waals surface area contributed by atoms with Gasteiger partial charge in [-0.2, -0.15) is 0 Å². The minimum absolute atomic E-state index is 0.0184. The Morgan fingerprint density at radius 1 is 1.08 bits per heavy atom. The van der Waals surface area contributed by atoms with Gasteiger partial charge in [0.05, 0.1) is 5.56 Å². The maximum atomic E-state index is 12.1.